The molecule has 0 radical (unpaired) electrons. The Balaban J connectivity index is 1.92. The molecule has 0 aliphatic rings. The zero-order valence-electron chi connectivity index (χ0n) is 12.2. The van der Waals surface area contributed by atoms with Crippen LogP contribution in [0.25, 0.3) is 0 Å². The van der Waals surface area contributed by atoms with Crippen LogP contribution < -0.4 is 10.1 Å². The number of carbonyl (C=O) groups excluding carboxylic acids is 1. The molecule has 1 unspecified atom stereocenters. The van der Waals surface area contributed by atoms with Crippen molar-refractivity contribution >= 4 is 23.4 Å². The third-order valence-corrected chi connectivity index (χ3v) is 4.41. The molecule has 0 aliphatic heterocycles. The predicted molar refractivity (Wildman–Crippen MR) is 85.7 cm³/mol. The number of furan rings is 1. The molecular formula is C16H19NO3S. The molecule has 0 bridgehead atoms. The van der Waals surface area contributed by atoms with Crippen LogP contribution in [0.3, 0.4) is 0 Å². The van der Waals surface area contributed by atoms with Crippen LogP contribution >= 0.6 is 11.8 Å². The lowest BCUT2D eigenvalue weighted by atomic mass is 10.2. The molecule has 1 aromatic carbocycles. The molecule has 1 amide bonds. The Morgan fingerprint density at radius 3 is 2.90 bits per heavy atom. The summed E-state index contributed by atoms with van der Waals surface area (Å²) in [6.07, 6.45) is 2.41. The van der Waals surface area contributed by atoms with Crippen molar-refractivity contribution in [1.82, 2.24) is 0 Å². The van der Waals surface area contributed by atoms with Gasteiger partial charge in [0.15, 0.2) is 0 Å². The minimum atomic E-state index is -0.110. The van der Waals surface area contributed by atoms with Crippen LogP contribution in [0.15, 0.2) is 47.1 Å². The van der Waals surface area contributed by atoms with Gasteiger partial charge in [0.05, 0.1) is 24.4 Å². The third-order valence-electron chi connectivity index (χ3n) is 3.01. The molecule has 0 fully saturated rings. The van der Waals surface area contributed by atoms with Crippen LogP contribution in [0.4, 0.5) is 5.69 Å². The summed E-state index contributed by atoms with van der Waals surface area (Å²) in [5.74, 6) is 2.30. The van der Waals surface area contributed by atoms with Crippen LogP contribution in [0.5, 0.6) is 5.75 Å². The summed E-state index contributed by atoms with van der Waals surface area (Å²) >= 11 is 1.58. The summed E-state index contributed by atoms with van der Waals surface area (Å²) < 4.78 is 10.4. The molecule has 1 heterocycles. The Kier molecular flexibility index (Phi) is 5.75. The van der Waals surface area contributed by atoms with Gasteiger partial charge in [0.25, 0.3) is 0 Å². The number of nitrogens with one attached hydrogen (secondary N) is 1. The summed E-state index contributed by atoms with van der Waals surface area (Å²) in [7, 11) is 1.61. The number of ether oxygens (including phenoxy) is 1. The van der Waals surface area contributed by atoms with E-state index in [4.69, 9.17) is 9.15 Å². The first-order valence-electron chi connectivity index (χ1n) is 6.81. The molecule has 4 nitrogen and oxygen atoms in total. The van der Waals surface area contributed by atoms with Crippen molar-refractivity contribution in [3.8, 4) is 5.75 Å². The Bertz CT molecular complexity index is 569. The highest BCUT2D eigenvalue weighted by molar-refractivity contribution is 7.99. The Labute approximate surface area is 128 Å². The van der Waals surface area contributed by atoms with Crippen molar-refractivity contribution in [2.75, 3.05) is 12.4 Å². The molecule has 0 aliphatic carbocycles. The molecule has 1 N–H and O–H groups in total. The van der Waals surface area contributed by atoms with Crippen LogP contribution in [0, 0.1) is 0 Å². The van der Waals surface area contributed by atoms with E-state index in [1.807, 2.05) is 43.3 Å². The molecule has 21 heavy (non-hydrogen) atoms. The van der Waals surface area contributed by atoms with Crippen molar-refractivity contribution in [2.45, 2.75) is 24.3 Å². The second-order valence-electron chi connectivity index (χ2n) is 4.51. The monoisotopic (exact) mass is 305 g/mol. The van der Waals surface area contributed by atoms with Gasteiger partial charge in [-0.25, -0.2) is 0 Å². The van der Waals surface area contributed by atoms with Gasteiger partial charge in [-0.2, -0.15) is 0 Å². The maximum Gasteiger partial charge on any atom is 0.237 e. The van der Waals surface area contributed by atoms with Crippen molar-refractivity contribution < 1.29 is 13.9 Å². The van der Waals surface area contributed by atoms with Gasteiger partial charge >= 0.3 is 0 Å². The van der Waals surface area contributed by atoms with Gasteiger partial charge < -0.3 is 14.5 Å². The van der Waals surface area contributed by atoms with Gasteiger partial charge in [-0.3, -0.25) is 4.79 Å². The molecule has 5 heteroatoms. The first kappa shape index (κ1) is 15.5. The largest absolute Gasteiger partial charge is 0.497 e. The van der Waals surface area contributed by atoms with Gasteiger partial charge in [-0.1, -0.05) is 13.0 Å². The normalized spacial score (nSPS) is 11.9. The lowest BCUT2D eigenvalue weighted by Gasteiger charge is -2.14. The standard InChI is InChI=1S/C16H19NO3S/c1-3-15(21-11-14-8-5-9-20-14)16(18)17-12-6-4-7-13(10-12)19-2/h4-10,15H,3,11H2,1-2H3,(H,17,18). The van der Waals surface area contributed by atoms with E-state index in [9.17, 15) is 4.79 Å². The average molecular weight is 305 g/mol. The van der Waals surface area contributed by atoms with E-state index in [-0.39, 0.29) is 11.2 Å². The van der Waals surface area contributed by atoms with Crippen molar-refractivity contribution in [3.63, 3.8) is 0 Å². The fourth-order valence-electron chi connectivity index (χ4n) is 1.88. The topological polar surface area (TPSA) is 51.5 Å². The lowest BCUT2D eigenvalue weighted by Crippen LogP contribution is -2.24. The Morgan fingerprint density at radius 2 is 2.24 bits per heavy atom. The van der Waals surface area contributed by atoms with E-state index in [0.717, 1.165) is 23.6 Å². The number of carbonyl (C=O) groups is 1. The number of hydrogen-bond acceptors (Lipinski definition) is 4. The van der Waals surface area contributed by atoms with Crippen LogP contribution in [0.1, 0.15) is 19.1 Å². The smallest absolute Gasteiger partial charge is 0.237 e. The first-order chi connectivity index (χ1) is 10.2. The number of rotatable bonds is 7. The van der Waals surface area contributed by atoms with Crippen molar-refractivity contribution in [1.29, 1.82) is 0 Å². The molecular weight excluding hydrogens is 286 g/mol. The second kappa shape index (κ2) is 7.78. The molecule has 0 saturated heterocycles. The molecule has 2 rings (SSSR count). The number of amides is 1. The Morgan fingerprint density at radius 1 is 1.38 bits per heavy atom. The number of anilines is 1. The fraction of sp³-hybridized carbons (Fsp3) is 0.312. The van der Waals surface area contributed by atoms with Crippen LogP contribution in [0.2, 0.25) is 0 Å². The van der Waals surface area contributed by atoms with Gasteiger partial charge in [-0.15, -0.1) is 11.8 Å². The molecule has 2 aromatic rings. The maximum absolute atomic E-state index is 12.3. The first-order valence-corrected chi connectivity index (χ1v) is 7.86. The number of methoxy groups -OCH3 is 1. The maximum atomic E-state index is 12.3. The molecule has 1 atom stereocenters. The minimum absolute atomic E-state index is 0.00214. The minimum Gasteiger partial charge on any atom is -0.497 e. The van der Waals surface area contributed by atoms with Gasteiger partial charge in [0.2, 0.25) is 5.91 Å². The molecule has 0 spiro atoms. The molecule has 0 saturated carbocycles. The van der Waals surface area contributed by atoms with E-state index in [2.05, 4.69) is 5.32 Å². The lowest BCUT2D eigenvalue weighted by molar-refractivity contribution is -0.115. The van der Waals surface area contributed by atoms with Crippen molar-refractivity contribution in [3.05, 3.63) is 48.4 Å². The van der Waals surface area contributed by atoms with Crippen molar-refractivity contribution in [2.24, 2.45) is 0 Å². The SMILES string of the molecule is CCC(SCc1ccco1)C(=O)Nc1cccc(OC)c1. The highest BCUT2D eigenvalue weighted by Gasteiger charge is 2.17. The fourth-order valence-corrected chi connectivity index (χ4v) is 2.86. The highest BCUT2D eigenvalue weighted by atomic mass is 32.2. The van der Waals surface area contributed by atoms with E-state index < -0.39 is 0 Å². The van der Waals surface area contributed by atoms with Crippen LogP contribution in [-0.2, 0) is 10.5 Å². The predicted octanol–water partition coefficient (Wildman–Crippen LogP) is 3.94. The third kappa shape index (κ3) is 4.56. The number of hydrogen-bond donors (Lipinski definition) is 1. The number of benzene rings is 1. The summed E-state index contributed by atoms with van der Waals surface area (Å²) in [6, 6.07) is 11.1. The van der Waals surface area contributed by atoms with E-state index in [1.165, 1.54) is 0 Å². The van der Waals surface area contributed by atoms with E-state index >= 15 is 0 Å². The van der Waals surface area contributed by atoms with E-state index in [1.54, 1.807) is 25.1 Å². The van der Waals surface area contributed by atoms with Gasteiger partial charge in [-0.05, 0) is 30.7 Å². The highest BCUT2D eigenvalue weighted by Crippen LogP contribution is 2.23. The average Bonchev–Trinajstić information content (AvgIpc) is 3.01. The van der Waals surface area contributed by atoms with Gasteiger partial charge in [0.1, 0.15) is 11.5 Å². The zero-order chi connectivity index (χ0) is 15.1. The van der Waals surface area contributed by atoms with E-state index in [0.29, 0.717) is 5.75 Å². The molecule has 1 aromatic heterocycles. The summed E-state index contributed by atoms with van der Waals surface area (Å²) in [5.41, 5.74) is 0.747. The summed E-state index contributed by atoms with van der Waals surface area (Å²) in [4.78, 5) is 12.3. The van der Waals surface area contributed by atoms with Gasteiger partial charge in [0, 0.05) is 11.8 Å². The summed E-state index contributed by atoms with van der Waals surface area (Å²) in [5, 5.41) is 2.82. The zero-order valence-corrected chi connectivity index (χ0v) is 13.0. The Hall–Kier alpha value is -1.88. The second-order valence-corrected chi connectivity index (χ2v) is 5.70. The quantitative estimate of drug-likeness (QED) is 0.842. The summed E-state index contributed by atoms with van der Waals surface area (Å²) in [6.45, 7) is 2.00. The van der Waals surface area contributed by atoms with Crippen LogP contribution in [-0.4, -0.2) is 18.3 Å². The number of thioether (sulfide) groups is 1. The molecule has 112 valence electrons.